The van der Waals surface area contributed by atoms with Crippen LogP contribution in [0.3, 0.4) is 0 Å². The summed E-state index contributed by atoms with van der Waals surface area (Å²) in [6.45, 7) is 0. The molecule has 0 aliphatic carbocycles. The highest BCUT2D eigenvalue weighted by molar-refractivity contribution is 5.89. The van der Waals surface area contributed by atoms with Crippen molar-refractivity contribution in [1.82, 2.24) is 0 Å². The monoisotopic (exact) mass is 205 g/mol. The van der Waals surface area contributed by atoms with E-state index in [0.717, 1.165) is 0 Å². The summed E-state index contributed by atoms with van der Waals surface area (Å²) in [5.74, 6) is 4.94. The molecule has 0 unspecified atom stereocenters. The van der Waals surface area contributed by atoms with Gasteiger partial charge in [0, 0.05) is 11.6 Å². The van der Waals surface area contributed by atoms with E-state index < -0.39 is 5.97 Å². The lowest BCUT2D eigenvalue weighted by Crippen LogP contribution is -1.96. The maximum Gasteiger partial charge on any atom is 0.384 e. The van der Waals surface area contributed by atoms with E-state index in [-0.39, 0.29) is 0 Å². The fourth-order valence-corrected chi connectivity index (χ4v) is 0.940. The van der Waals surface area contributed by atoms with Gasteiger partial charge < -0.3 is 15.2 Å². The average molecular weight is 205 g/mol. The Kier molecular flexibility index (Phi) is 3.58. The van der Waals surface area contributed by atoms with Crippen LogP contribution in [0.1, 0.15) is 5.56 Å². The summed E-state index contributed by atoms with van der Waals surface area (Å²) in [5.41, 5.74) is 6.70. The zero-order valence-corrected chi connectivity index (χ0v) is 8.53. The fraction of sp³-hybridized carbons (Fsp3) is 0.182. The Balaban J connectivity index is 3.01. The molecule has 1 aromatic rings. The van der Waals surface area contributed by atoms with Crippen molar-refractivity contribution in [1.29, 1.82) is 0 Å². The Morgan fingerprint density at radius 1 is 1.40 bits per heavy atom. The zero-order chi connectivity index (χ0) is 11.3. The first kappa shape index (κ1) is 10.9. The molecule has 0 fully saturated rings. The second kappa shape index (κ2) is 4.91. The van der Waals surface area contributed by atoms with Gasteiger partial charge in [0.15, 0.2) is 0 Å². The third-order valence-corrected chi connectivity index (χ3v) is 1.75. The first-order valence-corrected chi connectivity index (χ1v) is 4.21. The first-order chi connectivity index (χ1) is 7.17. The highest BCUT2D eigenvalue weighted by atomic mass is 16.5. The molecule has 0 radical (unpaired) electrons. The van der Waals surface area contributed by atoms with Crippen molar-refractivity contribution >= 4 is 11.7 Å². The van der Waals surface area contributed by atoms with E-state index >= 15 is 0 Å². The van der Waals surface area contributed by atoms with Crippen LogP contribution in [0, 0.1) is 11.8 Å². The molecule has 4 heteroatoms. The summed E-state index contributed by atoms with van der Waals surface area (Å²) in [6.07, 6.45) is 0. The molecule has 0 saturated carbocycles. The van der Waals surface area contributed by atoms with E-state index in [1.54, 1.807) is 25.3 Å². The summed E-state index contributed by atoms with van der Waals surface area (Å²) >= 11 is 0. The smallest absolute Gasteiger partial charge is 0.384 e. The van der Waals surface area contributed by atoms with Crippen LogP contribution in [0.2, 0.25) is 0 Å². The molecule has 0 amide bonds. The van der Waals surface area contributed by atoms with Crippen molar-refractivity contribution in [3.8, 4) is 17.6 Å². The van der Waals surface area contributed by atoms with Gasteiger partial charge in [-0.3, -0.25) is 0 Å². The predicted octanol–water partition coefficient (Wildman–Crippen LogP) is 0.802. The van der Waals surface area contributed by atoms with Crippen LogP contribution in [-0.4, -0.2) is 20.2 Å². The number of esters is 1. The van der Waals surface area contributed by atoms with E-state index in [4.69, 9.17) is 10.5 Å². The topological polar surface area (TPSA) is 61.5 Å². The molecular weight excluding hydrogens is 194 g/mol. The Hall–Kier alpha value is -2.15. The fourth-order valence-electron chi connectivity index (χ4n) is 0.940. The maximum atomic E-state index is 10.8. The van der Waals surface area contributed by atoms with Gasteiger partial charge in [-0.25, -0.2) is 4.79 Å². The third kappa shape index (κ3) is 2.92. The minimum atomic E-state index is -0.600. The largest absolute Gasteiger partial charge is 0.497 e. The normalized spacial score (nSPS) is 8.67. The van der Waals surface area contributed by atoms with Gasteiger partial charge in [0.25, 0.3) is 0 Å². The van der Waals surface area contributed by atoms with Crippen LogP contribution < -0.4 is 10.5 Å². The first-order valence-electron chi connectivity index (χ1n) is 4.21. The van der Waals surface area contributed by atoms with Gasteiger partial charge in [-0.1, -0.05) is 5.92 Å². The lowest BCUT2D eigenvalue weighted by atomic mass is 10.2. The number of benzene rings is 1. The van der Waals surface area contributed by atoms with Crippen molar-refractivity contribution in [2.45, 2.75) is 0 Å². The van der Waals surface area contributed by atoms with E-state index in [9.17, 15) is 4.79 Å². The van der Waals surface area contributed by atoms with Crippen LogP contribution in [0.25, 0.3) is 0 Å². The number of nitrogen functional groups attached to an aromatic ring is 1. The molecule has 1 aromatic carbocycles. The van der Waals surface area contributed by atoms with Gasteiger partial charge in [-0.2, -0.15) is 0 Å². The number of rotatable bonds is 1. The number of carbonyl (C=O) groups excluding carboxylic acids is 1. The van der Waals surface area contributed by atoms with Gasteiger partial charge in [0.1, 0.15) is 5.75 Å². The summed E-state index contributed by atoms with van der Waals surface area (Å²) in [7, 11) is 2.81. The summed E-state index contributed by atoms with van der Waals surface area (Å²) in [6, 6.07) is 5.05. The molecule has 0 spiro atoms. The second-order valence-electron chi connectivity index (χ2n) is 2.69. The lowest BCUT2D eigenvalue weighted by Gasteiger charge is -2.02. The lowest BCUT2D eigenvalue weighted by molar-refractivity contribution is -0.133. The standard InChI is InChI=1S/C11H11NO3/c1-14-9-4-5-10(12)8(7-9)3-6-11(13)15-2/h4-5,7H,12H2,1-2H3. The van der Waals surface area contributed by atoms with Crippen molar-refractivity contribution in [3.05, 3.63) is 23.8 Å². The molecule has 0 aliphatic rings. The van der Waals surface area contributed by atoms with Crippen LogP contribution in [0.5, 0.6) is 5.75 Å². The Bertz CT molecular complexity index is 429. The summed E-state index contributed by atoms with van der Waals surface area (Å²) < 4.78 is 9.39. The predicted molar refractivity (Wildman–Crippen MR) is 56.3 cm³/mol. The molecule has 0 atom stereocenters. The van der Waals surface area contributed by atoms with Crippen LogP contribution >= 0.6 is 0 Å². The van der Waals surface area contributed by atoms with E-state index in [2.05, 4.69) is 16.6 Å². The molecule has 1 rings (SSSR count). The Morgan fingerprint density at radius 3 is 2.73 bits per heavy atom. The third-order valence-electron chi connectivity index (χ3n) is 1.75. The van der Waals surface area contributed by atoms with Crippen molar-refractivity contribution < 1.29 is 14.3 Å². The molecular formula is C11H11NO3. The molecule has 2 N–H and O–H groups in total. The number of methoxy groups -OCH3 is 2. The van der Waals surface area contributed by atoms with E-state index in [0.29, 0.717) is 17.0 Å². The van der Waals surface area contributed by atoms with Crippen molar-refractivity contribution in [3.63, 3.8) is 0 Å². The number of ether oxygens (including phenoxy) is 2. The van der Waals surface area contributed by atoms with Crippen LogP contribution in [0.15, 0.2) is 18.2 Å². The quantitative estimate of drug-likeness (QED) is 0.418. The maximum absolute atomic E-state index is 10.8. The van der Waals surface area contributed by atoms with Gasteiger partial charge in [0.05, 0.1) is 19.8 Å². The molecule has 78 valence electrons. The van der Waals surface area contributed by atoms with Gasteiger partial charge in [-0.15, -0.1) is 0 Å². The van der Waals surface area contributed by atoms with Crippen molar-refractivity contribution in [2.75, 3.05) is 20.0 Å². The summed E-state index contributed by atoms with van der Waals surface area (Å²) in [4.78, 5) is 10.8. The van der Waals surface area contributed by atoms with Crippen molar-refractivity contribution in [2.24, 2.45) is 0 Å². The van der Waals surface area contributed by atoms with Gasteiger partial charge in [-0.05, 0) is 18.2 Å². The minimum absolute atomic E-state index is 0.493. The molecule has 4 nitrogen and oxygen atoms in total. The van der Waals surface area contributed by atoms with Crippen LogP contribution in [-0.2, 0) is 9.53 Å². The highest BCUT2D eigenvalue weighted by Gasteiger charge is 1.99. The second-order valence-corrected chi connectivity index (χ2v) is 2.69. The molecule has 0 heterocycles. The molecule has 0 aliphatic heterocycles. The zero-order valence-electron chi connectivity index (χ0n) is 8.53. The number of nitrogens with two attached hydrogens (primary N) is 1. The number of anilines is 1. The van der Waals surface area contributed by atoms with E-state index in [1.165, 1.54) is 7.11 Å². The number of hydrogen-bond donors (Lipinski definition) is 1. The molecule has 15 heavy (non-hydrogen) atoms. The molecule has 0 aromatic heterocycles. The molecule has 0 saturated heterocycles. The van der Waals surface area contributed by atoms with Crippen LogP contribution in [0.4, 0.5) is 5.69 Å². The minimum Gasteiger partial charge on any atom is -0.497 e. The van der Waals surface area contributed by atoms with E-state index in [1.807, 2.05) is 0 Å². The SMILES string of the molecule is COC(=O)C#Cc1cc(OC)ccc1N. The Morgan fingerprint density at radius 2 is 2.13 bits per heavy atom. The number of carbonyl (C=O) groups is 1. The molecule has 0 bridgehead atoms. The van der Waals surface area contributed by atoms with Gasteiger partial charge >= 0.3 is 5.97 Å². The number of hydrogen-bond acceptors (Lipinski definition) is 4. The highest BCUT2D eigenvalue weighted by Crippen LogP contribution is 2.18. The Labute approximate surface area is 88.0 Å². The summed E-state index contributed by atoms with van der Waals surface area (Å²) in [5, 5.41) is 0. The average Bonchev–Trinajstić information content (AvgIpc) is 2.27. The van der Waals surface area contributed by atoms with Gasteiger partial charge in [0.2, 0.25) is 0 Å².